The van der Waals surface area contributed by atoms with Crippen LogP contribution in [0.3, 0.4) is 0 Å². The molecule has 0 aliphatic carbocycles. The Morgan fingerprint density at radius 2 is 0.688 bits per heavy atom. The third-order valence-electron chi connectivity index (χ3n) is 8.86. The smallest absolute Gasteiger partial charge is 0.0753 e. The first-order valence-corrected chi connectivity index (χ1v) is 16.0. The number of fused-ring (bicyclic) bond motifs is 8. The van der Waals surface area contributed by atoms with Gasteiger partial charge in [0.05, 0.1) is 34.0 Å². The Morgan fingerprint density at radius 1 is 0.333 bits per heavy atom. The molecule has 2 N–H and O–H groups in total. The van der Waals surface area contributed by atoms with E-state index in [-0.39, 0.29) is 0 Å². The highest BCUT2D eigenvalue weighted by Crippen LogP contribution is 2.37. The second-order valence-electron chi connectivity index (χ2n) is 11.8. The van der Waals surface area contributed by atoms with Crippen LogP contribution in [0, 0.1) is 0 Å². The zero-order valence-electron chi connectivity index (χ0n) is 25.9. The molecule has 0 saturated carbocycles. The molecular weight excluding hydrogens is 587 g/mol. The first-order valence-electron chi connectivity index (χ1n) is 16.0. The predicted octanol–water partition coefficient (Wildman–Crippen LogP) is 10.7. The topological polar surface area (TPSA) is 70.2 Å². The first kappa shape index (κ1) is 27.7. The molecule has 2 aliphatic heterocycles. The summed E-state index contributed by atoms with van der Waals surface area (Å²) < 4.78 is 0. The van der Waals surface area contributed by atoms with Gasteiger partial charge in [-0.05, 0) is 77.4 Å². The fraction of sp³-hybridized carbons (Fsp3) is 0. The van der Waals surface area contributed by atoms with Crippen molar-refractivity contribution in [3.8, 4) is 44.6 Å². The van der Waals surface area contributed by atoms with Crippen molar-refractivity contribution in [2.24, 2.45) is 0 Å². The molecule has 4 aromatic heterocycles. The van der Waals surface area contributed by atoms with Crippen molar-refractivity contribution < 1.29 is 0 Å². The molecule has 0 atom stereocenters. The van der Waals surface area contributed by atoms with Crippen molar-refractivity contribution in [1.29, 1.82) is 0 Å². The van der Waals surface area contributed by atoms with E-state index >= 15 is 0 Å². The summed E-state index contributed by atoms with van der Waals surface area (Å²) in [5.74, 6) is 0. The summed E-state index contributed by atoms with van der Waals surface area (Å²) in [5.41, 5.74) is 15.5. The Labute approximate surface area is 277 Å². The van der Waals surface area contributed by atoms with Gasteiger partial charge in [-0.2, -0.15) is 0 Å². The van der Waals surface area contributed by atoms with Gasteiger partial charge >= 0.3 is 0 Å². The molecule has 5 nitrogen and oxygen atoms in total. The second-order valence-corrected chi connectivity index (χ2v) is 11.8. The van der Waals surface area contributed by atoms with E-state index < -0.39 is 0 Å². The molecule has 5 heteroatoms. The van der Waals surface area contributed by atoms with Crippen molar-refractivity contribution in [2.75, 3.05) is 0 Å². The molecule has 0 amide bonds. The lowest BCUT2D eigenvalue weighted by Crippen LogP contribution is -1.90. The minimum Gasteiger partial charge on any atom is -0.354 e. The molecule has 0 fully saturated rings. The van der Waals surface area contributed by atoms with Gasteiger partial charge in [-0.1, -0.05) is 97.1 Å². The number of nitrogens with one attached hydrogen (secondary N) is 2. The van der Waals surface area contributed by atoms with E-state index in [1.165, 1.54) is 0 Å². The lowest BCUT2D eigenvalue weighted by molar-refractivity contribution is 1.28. The fourth-order valence-electron chi connectivity index (χ4n) is 6.71. The minimum absolute atomic E-state index is 0.843. The summed E-state index contributed by atoms with van der Waals surface area (Å²) in [6.07, 6.45) is 10.3. The van der Waals surface area contributed by atoms with Crippen LogP contribution in [-0.2, 0) is 0 Å². The van der Waals surface area contributed by atoms with Crippen LogP contribution in [0.25, 0.3) is 91.0 Å². The van der Waals surface area contributed by atoms with Crippen LogP contribution in [0.1, 0.15) is 22.8 Å². The lowest BCUT2D eigenvalue weighted by Gasteiger charge is -2.06. The van der Waals surface area contributed by atoms with E-state index in [1.807, 2.05) is 42.6 Å². The quantitative estimate of drug-likeness (QED) is 0.207. The second kappa shape index (κ2) is 11.6. The number of pyridine rings is 1. The monoisotopic (exact) mass is 615 g/mol. The first-order chi connectivity index (χ1) is 23.8. The van der Waals surface area contributed by atoms with Gasteiger partial charge in [0.25, 0.3) is 0 Å². The SMILES string of the molecule is C1=Cc2nc1c(-c1ccccc1)c1ccc([nH]1)c(-c1ccccc1)c1nc(c(-c3ccccn3)c3ccc([nH]3)c2-c2ccccc2)C=C1. The van der Waals surface area contributed by atoms with E-state index in [0.29, 0.717) is 0 Å². The van der Waals surface area contributed by atoms with Gasteiger partial charge in [0.15, 0.2) is 0 Å². The van der Waals surface area contributed by atoms with Gasteiger partial charge in [-0.25, -0.2) is 9.97 Å². The van der Waals surface area contributed by atoms with Crippen LogP contribution in [-0.4, -0.2) is 24.9 Å². The number of hydrogen-bond acceptors (Lipinski definition) is 3. The number of aromatic nitrogens is 5. The molecule has 2 aliphatic rings. The Morgan fingerprint density at radius 3 is 1.06 bits per heavy atom. The molecule has 0 saturated heterocycles. The van der Waals surface area contributed by atoms with Crippen LogP contribution in [0.2, 0.25) is 0 Å². The van der Waals surface area contributed by atoms with Gasteiger partial charge in [0.1, 0.15) is 0 Å². The highest BCUT2D eigenvalue weighted by molar-refractivity contribution is 5.99. The van der Waals surface area contributed by atoms with Crippen molar-refractivity contribution in [2.45, 2.75) is 0 Å². The number of benzene rings is 3. The molecule has 3 aromatic carbocycles. The van der Waals surface area contributed by atoms with Crippen LogP contribution in [0.4, 0.5) is 0 Å². The van der Waals surface area contributed by atoms with Crippen LogP contribution < -0.4 is 0 Å². The number of aromatic amines is 2. The number of H-pyrrole nitrogens is 2. The van der Waals surface area contributed by atoms with Crippen molar-refractivity contribution in [3.63, 3.8) is 0 Å². The molecule has 9 rings (SSSR count). The van der Waals surface area contributed by atoms with Crippen LogP contribution in [0.15, 0.2) is 140 Å². The van der Waals surface area contributed by atoms with Gasteiger partial charge in [-0.15, -0.1) is 0 Å². The number of nitrogens with zero attached hydrogens (tertiary/aromatic N) is 3. The maximum absolute atomic E-state index is 5.34. The average Bonchev–Trinajstić information content (AvgIpc) is 3.98. The highest BCUT2D eigenvalue weighted by Gasteiger charge is 2.18. The molecule has 226 valence electrons. The Kier molecular flexibility index (Phi) is 6.72. The van der Waals surface area contributed by atoms with E-state index in [9.17, 15) is 0 Å². The zero-order valence-corrected chi connectivity index (χ0v) is 25.9. The molecule has 6 heterocycles. The summed E-state index contributed by atoms with van der Waals surface area (Å²) in [4.78, 5) is 23.0. The van der Waals surface area contributed by atoms with Gasteiger partial charge in [0.2, 0.25) is 0 Å². The fourth-order valence-corrected chi connectivity index (χ4v) is 6.71. The Hall–Kier alpha value is -6.59. The molecule has 0 radical (unpaired) electrons. The summed E-state index contributed by atoms with van der Waals surface area (Å²) in [5, 5.41) is 0. The van der Waals surface area contributed by atoms with E-state index in [1.54, 1.807) is 0 Å². The number of rotatable bonds is 4. The summed E-state index contributed by atoms with van der Waals surface area (Å²) in [6.45, 7) is 0. The molecule has 0 spiro atoms. The summed E-state index contributed by atoms with van der Waals surface area (Å²) in [7, 11) is 0. The summed E-state index contributed by atoms with van der Waals surface area (Å²) in [6, 6.07) is 45.9. The standard InChI is InChI=1S/C43H29N5/c1-4-12-28(13-5-1)40-32-19-21-34(45-32)41(29-14-6-2-7-15-29)36-23-25-38(47-36)43(31-18-10-11-27-44-31)39-26-24-37(48-39)42(30-16-8-3-9-17-30)35-22-20-33(40)46-35/h1-27,45,48H. The van der Waals surface area contributed by atoms with Crippen molar-refractivity contribution >= 4 is 46.4 Å². The maximum Gasteiger partial charge on any atom is 0.0753 e. The molecule has 8 bridgehead atoms. The normalized spacial score (nSPS) is 12.0. The van der Waals surface area contributed by atoms with E-state index in [4.69, 9.17) is 15.0 Å². The molecular formula is C43H29N5. The molecule has 0 unspecified atom stereocenters. The van der Waals surface area contributed by atoms with Gasteiger partial charge in [-0.3, -0.25) is 4.98 Å². The predicted molar refractivity (Wildman–Crippen MR) is 198 cm³/mol. The average molecular weight is 616 g/mol. The largest absolute Gasteiger partial charge is 0.354 e. The molecule has 7 aromatic rings. The number of hydrogen-bond donors (Lipinski definition) is 2. The van der Waals surface area contributed by atoms with Crippen molar-refractivity contribution in [3.05, 3.63) is 162 Å². The van der Waals surface area contributed by atoms with E-state index in [0.717, 1.165) is 89.5 Å². The van der Waals surface area contributed by atoms with Gasteiger partial charge in [0, 0.05) is 45.0 Å². The Balaban J connectivity index is 1.49. The maximum atomic E-state index is 5.34. The Bertz CT molecular complexity index is 2180. The van der Waals surface area contributed by atoms with Crippen molar-refractivity contribution in [1.82, 2.24) is 24.9 Å². The van der Waals surface area contributed by atoms with Gasteiger partial charge < -0.3 is 9.97 Å². The molecule has 48 heavy (non-hydrogen) atoms. The highest BCUT2D eigenvalue weighted by atomic mass is 14.8. The zero-order chi connectivity index (χ0) is 31.9. The third-order valence-corrected chi connectivity index (χ3v) is 8.86. The third kappa shape index (κ3) is 4.86. The lowest BCUT2D eigenvalue weighted by atomic mass is 10.0. The van der Waals surface area contributed by atoms with E-state index in [2.05, 4.69) is 131 Å². The van der Waals surface area contributed by atoms with Crippen LogP contribution in [0.5, 0.6) is 0 Å². The van der Waals surface area contributed by atoms with Crippen LogP contribution >= 0.6 is 0 Å². The summed E-state index contributed by atoms with van der Waals surface area (Å²) >= 11 is 0. The minimum atomic E-state index is 0.843.